The lowest BCUT2D eigenvalue weighted by Gasteiger charge is -2.50. The molecule has 0 spiro atoms. The van der Waals surface area contributed by atoms with Crippen LogP contribution in [0.4, 0.5) is 0 Å². The summed E-state index contributed by atoms with van der Waals surface area (Å²) >= 11 is 0. The van der Waals surface area contributed by atoms with Gasteiger partial charge < -0.3 is 5.11 Å². The maximum absolute atomic E-state index is 12.6. The molecule has 0 aromatic heterocycles. The van der Waals surface area contributed by atoms with Gasteiger partial charge in [0.25, 0.3) is 0 Å². The van der Waals surface area contributed by atoms with Crippen LogP contribution in [0.2, 0.25) is 0 Å². The Morgan fingerprint density at radius 2 is 2.13 bits per heavy atom. The van der Waals surface area contributed by atoms with E-state index in [2.05, 4.69) is 40.9 Å². The van der Waals surface area contributed by atoms with Crippen LogP contribution in [0.25, 0.3) is 0 Å². The molecule has 23 heavy (non-hydrogen) atoms. The largest absolute Gasteiger partial charge is 0.396 e. The van der Waals surface area contributed by atoms with Crippen LogP contribution in [0.15, 0.2) is 24.8 Å². The third-order valence-electron chi connectivity index (χ3n) is 7.50. The third-order valence-corrected chi connectivity index (χ3v) is 7.50. The Balaban J connectivity index is 2.36. The quantitative estimate of drug-likeness (QED) is 0.715. The van der Waals surface area contributed by atoms with Crippen molar-refractivity contribution in [3.8, 4) is 0 Å². The fraction of sp³-hybridized carbons (Fsp3) is 0.762. The summed E-state index contributed by atoms with van der Waals surface area (Å²) in [5.41, 5.74) is 1.04. The maximum atomic E-state index is 12.6. The number of hydrogen-bond donors (Lipinski definition) is 1. The first-order valence-electron chi connectivity index (χ1n) is 9.20. The number of allylic oxidation sites excluding steroid dienone is 2. The molecule has 0 aliphatic heterocycles. The van der Waals surface area contributed by atoms with Crippen LogP contribution in [0.1, 0.15) is 59.8 Å². The molecule has 6 atom stereocenters. The minimum atomic E-state index is -0.164. The van der Waals surface area contributed by atoms with E-state index in [1.54, 1.807) is 0 Å². The Morgan fingerprint density at radius 3 is 2.70 bits per heavy atom. The first-order valence-corrected chi connectivity index (χ1v) is 9.20. The van der Waals surface area contributed by atoms with E-state index in [1.807, 2.05) is 6.08 Å². The van der Waals surface area contributed by atoms with Crippen LogP contribution in [0.5, 0.6) is 0 Å². The first-order chi connectivity index (χ1) is 10.7. The van der Waals surface area contributed by atoms with E-state index in [9.17, 15) is 9.90 Å². The third kappa shape index (κ3) is 2.84. The second kappa shape index (κ2) is 6.55. The van der Waals surface area contributed by atoms with E-state index >= 15 is 0 Å². The fourth-order valence-corrected chi connectivity index (χ4v) is 5.21. The molecule has 130 valence electrons. The molecular formula is C21H34O2. The van der Waals surface area contributed by atoms with Crippen molar-refractivity contribution in [3.05, 3.63) is 24.8 Å². The molecule has 2 saturated carbocycles. The molecule has 0 heterocycles. The summed E-state index contributed by atoms with van der Waals surface area (Å²) in [5.74, 6) is 1.86. The van der Waals surface area contributed by atoms with Crippen LogP contribution < -0.4 is 0 Å². The van der Waals surface area contributed by atoms with E-state index in [0.29, 0.717) is 30.5 Å². The summed E-state index contributed by atoms with van der Waals surface area (Å²) < 4.78 is 0. The van der Waals surface area contributed by atoms with Gasteiger partial charge in [-0.1, -0.05) is 45.9 Å². The van der Waals surface area contributed by atoms with Crippen molar-refractivity contribution in [2.75, 3.05) is 6.61 Å². The standard InChI is InChI=1S/C21H34O2/c1-7-20(6,12-13-22)16(4)17(5)21-10-8-14(2)15(3)19(21)18(23)9-11-21/h7,14-16,19,22H,1,5,8-13H2,2-4,6H3. The molecule has 0 bridgehead atoms. The van der Waals surface area contributed by atoms with Crippen molar-refractivity contribution >= 4 is 5.78 Å². The lowest BCUT2D eigenvalue weighted by Crippen LogP contribution is -2.44. The first kappa shape index (κ1) is 18.4. The SMILES string of the molecule is C=CC(C)(CCO)C(C)C(=C)C12CCC(=O)C1C(C)C(C)CC2. The predicted molar refractivity (Wildman–Crippen MR) is 96.0 cm³/mol. The molecule has 1 N–H and O–H groups in total. The number of carbonyl (C=O) groups is 1. The van der Waals surface area contributed by atoms with Crippen molar-refractivity contribution in [2.24, 2.45) is 34.5 Å². The summed E-state index contributed by atoms with van der Waals surface area (Å²) in [6, 6.07) is 0. The second-order valence-corrected chi connectivity index (χ2v) is 8.41. The predicted octanol–water partition coefficient (Wildman–Crippen LogP) is 4.78. The molecule has 6 unspecified atom stereocenters. The molecule has 0 amide bonds. The number of aliphatic hydroxyl groups is 1. The van der Waals surface area contributed by atoms with E-state index in [4.69, 9.17) is 0 Å². The van der Waals surface area contributed by atoms with Gasteiger partial charge in [-0.3, -0.25) is 4.79 Å². The molecule has 2 heteroatoms. The molecule has 2 aliphatic carbocycles. The van der Waals surface area contributed by atoms with Gasteiger partial charge in [0.15, 0.2) is 0 Å². The van der Waals surface area contributed by atoms with E-state index < -0.39 is 0 Å². The van der Waals surface area contributed by atoms with Crippen LogP contribution in [-0.2, 0) is 4.79 Å². The van der Waals surface area contributed by atoms with Gasteiger partial charge in [-0.15, -0.1) is 6.58 Å². The molecule has 0 radical (unpaired) electrons. The summed E-state index contributed by atoms with van der Waals surface area (Å²) in [6.45, 7) is 17.6. The molecule has 0 aromatic rings. The lowest BCUT2D eigenvalue weighted by atomic mass is 9.54. The van der Waals surface area contributed by atoms with Gasteiger partial charge in [-0.2, -0.15) is 0 Å². The maximum Gasteiger partial charge on any atom is 0.137 e. The average molecular weight is 319 g/mol. The summed E-state index contributed by atoms with van der Waals surface area (Å²) in [6.07, 6.45) is 6.60. The number of ketones is 1. The van der Waals surface area contributed by atoms with E-state index in [0.717, 1.165) is 12.8 Å². The van der Waals surface area contributed by atoms with Crippen molar-refractivity contribution in [1.82, 2.24) is 0 Å². The van der Waals surface area contributed by atoms with Crippen LogP contribution >= 0.6 is 0 Å². The molecular weight excluding hydrogens is 284 g/mol. The fourth-order valence-electron chi connectivity index (χ4n) is 5.21. The second-order valence-electron chi connectivity index (χ2n) is 8.41. The number of carbonyl (C=O) groups excluding carboxylic acids is 1. The number of aliphatic hydroxyl groups excluding tert-OH is 1. The number of Topliss-reactive ketones (excluding diaryl/α,β-unsaturated/α-hetero) is 1. The Morgan fingerprint density at radius 1 is 1.48 bits per heavy atom. The highest BCUT2D eigenvalue weighted by Crippen LogP contribution is 2.60. The average Bonchev–Trinajstić information content (AvgIpc) is 2.88. The van der Waals surface area contributed by atoms with Gasteiger partial charge in [0.1, 0.15) is 5.78 Å². The van der Waals surface area contributed by atoms with Gasteiger partial charge in [-0.05, 0) is 48.9 Å². The van der Waals surface area contributed by atoms with Crippen molar-refractivity contribution < 1.29 is 9.90 Å². The van der Waals surface area contributed by atoms with Crippen LogP contribution in [-0.4, -0.2) is 17.5 Å². The number of rotatable bonds is 6. The monoisotopic (exact) mass is 318 g/mol. The van der Waals surface area contributed by atoms with Gasteiger partial charge in [0, 0.05) is 24.4 Å². The minimum absolute atomic E-state index is 0.0256. The highest BCUT2D eigenvalue weighted by Gasteiger charge is 2.56. The van der Waals surface area contributed by atoms with Gasteiger partial charge in [0.05, 0.1) is 0 Å². The zero-order chi connectivity index (χ0) is 17.4. The van der Waals surface area contributed by atoms with Crippen molar-refractivity contribution in [2.45, 2.75) is 59.8 Å². The van der Waals surface area contributed by atoms with Crippen LogP contribution in [0, 0.1) is 34.5 Å². The number of fused-ring (bicyclic) bond motifs is 1. The molecule has 2 fully saturated rings. The zero-order valence-electron chi connectivity index (χ0n) is 15.4. The van der Waals surface area contributed by atoms with E-state index in [-0.39, 0.29) is 29.3 Å². The van der Waals surface area contributed by atoms with E-state index in [1.165, 1.54) is 12.0 Å². The Kier molecular flexibility index (Phi) is 5.25. The highest BCUT2D eigenvalue weighted by atomic mass is 16.3. The molecule has 2 nitrogen and oxygen atoms in total. The van der Waals surface area contributed by atoms with Crippen LogP contribution in [0.3, 0.4) is 0 Å². The van der Waals surface area contributed by atoms with Gasteiger partial charge in [-0.25, -0.2) is 0 Å². The normalized spacial score (nSPS) is 37.8. The Labute approximate surface area is 142 Å². The van der Waals surface area contributed by atoms with Gasteiger partial charge in [0.2, 0.25) is 0 Å². The molecule has 0 aromatic carbocycles. The van der Waals surface area contributed by atoms with Gasteiger partial charge >= 0.3 is 0 Å². The van der Waals surface area contributed by atoms with Crippen molar-refractivity contribution in [1.29, 1.82) is 0 Å². The smallest absolute Gasteiger partial charge is 0.137 e. The topological polar surface area (TPSA) is 37.3 Å². The highest BCUT2D eigenvalue weighted by molar-refractivity contribution is 5.85. The summed E-state index contributed by atoms with van der Waals surface area (Å²) in [5, 5.41) is 9.45. The summed E-state index contributed by atoms with van der Waals surface area (Å²) in [7, 11) is 0. The molecule has 2 aliphatic rings. The molecule has 0 saturated heterocycles. The zero-order valence-corrected chi connectivity index (χ0v) is 15.4. The Hall–Kier alpha value is -0.890. The lowest BCUT2D eigenvalue weighted by molar-refractivity contribution is -0.126. The number of hydrogen-bond acceptors (Lipinski definition) is 2. The summed E-state index contributed by atoms with van der Waals surface area (Å²) in [4.78, 5) is 12.6. The Bertz CT molecular complexity index is 494. The minimum Gasteiger partial charge on any atom is -0.396 e. The van der Waals surface area contributed by atoms with Crippen molar-refractivity contribution in [3.63, 3.8) is 0 Å². The molecule has 2 rings (SSSR count).